The van der Waals surface area contributed by atoms with Gasteiger partial charge in [-0.05, 0) is 35.6 Å². The number of nitrogens with zero attached hydrogens (tertiary/aromatic N) is 1. The van der Waals surface area contributed by atoms with Crippen LogP contribution in [0.2, 0.25) is 5.02 Å². The Labute approximate surface area is 131 Å². The first kappa shape index (κ1) is 14.0. The standard InChI is InChI=1S/C15H14ClN3OS/c1-8-7-21-14(12(8)16)13-11(15(17)19-18-13)9-4-3-5-10(6-9)20-2/h3-7H,1-2H3,(H3,17,18,19). The van der Waals surface area contributed by atoms with E-state index in [0.29, 0.717) is 5.82 Å². The van der Waals surface area contributed by atoms with Gasteiger partial charge in [-0.25, -0.2) is 0 Å². The summed E-state index contributed by atoms with van der Waals surface area (Å²) >= 11 is 7.94. The second-order valence-electron chi connectivity index (χ2n) is 4.65. The third kappa shape index (κ3) is 2.39. The molecule has 0 fully saturated rings. The van der Waals surface area contributed by atoms with Gasteiger partial charge in [0.05, 0.1) is 28.3 Å². The zero-order valence-corrected chi connectivity index (χ0v) is 13.2. The Balaban J connectivity index is 2.19. The minimum absolute atomic E-state index is 0.445. The molecule has 2 heterocycles. The van der Waals surface area contributed by atoms with Gasteiger partial charge >= 0.3 is 0 Å². The lowest BCUT2D eigenvalue weighted by atomic mass is 10.0. The summed E-state index contributed by atoms with van der Waals surface area (Å²) in [5, 5.41) is 9.87. The zero-order chi connectivity index (χ0) is 15.0. The molecule has 0 atom stereocenters. The number of nitrogens with one attached hydrogen (secondary N) is 1. The fourth-order valence-corrected chi connectivity index (χ4v) is 3.48. The Kier molecular flexibility index (Phi) is 3.61. The maximum Gasteiger partial charge on any atom is 0.153 e. The van der Waals surface area contributed by atoms with E-state index in [0.717, 1.165) is 38.0 Å². The van der Waals surface area contributed by atoms with Gasteiger partial charge in [-0.15, -0.1) is 11.3 Å². The fraction of sp³-hybridized carbons (Fsp3) is 0.133. The average Bonchev–Trinajstić information content (AvgIpc) is 3.03. The Hall–Kier alpha value is -1.98. The molecule has 0 saturated carbocycles. The van der Waals surface area contributed by atoms with Crippen molar-refractivity contribution < 1.29 is 4.74 Å². The number of methoxy groups -OCH3 is 1. The van der Waals surface area contributed by atoms with Gasteiger partial charge in [-0.2, -0.15) is 5.10 Å². The lowest BCUT2D eigenvalue weighted by Crippen LogP contribution is -1.89. The molecule has 0 aliphatic carbocycles. The largest absolute Gasteiger partial charge is 0.497 e. The van der Waals surface area contributed by atoms with Gasteiger partial charge < -0.3 is 10.5 Å². The number of hydrogen-bond donors (Lipinski definition) is 2. The molecule has 0 unspecified atom stereocenters. The molecule has 3 aromatic rings. The molecule has 0 radical (unpaired) electrons. The topological polar surface area (TPSA) is 63.9 Å². The minimum atomic E-state index is 0.445. The van der Waals surface area contributed by atoms with Crippen LogP contribution in [0.5, 0.6) is 5.75 Å². The van der Waals surface area contributed by atoms with Crippen LogP contribution in [0.1, 0.15) is 5.56 Å². The third-order valence-electron chi connectivity index (χ3n) is 3.28. The number of hydrogen-bond acceptors (Lipinski definition) is 4. The number of anilines is 1. The quantitative estimate of drug-likeness (QED) is 0.754. The molecule has 0 aliphatic rings. The highest BCUT2D eigenvalue weighted by Crippen LogP contribution is 2.42. The Morgan fingerprint density at radius 3 is 2.86 bits per heavy atom. The van der Waals surface area contributed by atoms with Crippen LogP contribution in [0.25, 0.3) is 21.7 Å². The normalized spacial score (nSPS) is 10.8. The van der Waals surface area contributed by atoms with E-state index < -0.39 is 0 Å². The van der Waals surface area contributed by atoms with Crippen molar-refractivity contribution in [2.45, 2.75) is 6.92 Å². The summed E-state index contributed by atoms with van der Waals surface area (Å²) in [4.78, 5) is 0.941. The van der Waals surface area contributed by atoms with Crippen molar-refractivity contribution in [3.63, 3.8) is 0 Å². The van der Waals surface area contributed by atoms with E-state index in [9.17, 15) is 0 Å². The van der Waals surface area contributed by atoms with E-state index in [1.165, 1.54) is 0 Å². The third-order valence-corrected chi connectivity index (χ3v) is 4.99. The van der Waals surface area contributed by atoms with Gasteiger partial charge in [-0.3, -0.25) is 5.10 Å². The van der Waals surface area contributed by atoms with Gasteiger partial charge in [0, 0.05) is 0 Å². The average molecular weight is 320 g/mol. The number of aryl methyl sites for hydroxylation is 1. The van der Waals surface area contributed by atoms with Crippen LogP contribution in [-0.2, 0) is 0 Å². The Morgan fingerprint density at radius 1 is 1.38 bits per heavy atom. The van der Waals surface area contributed by atoms with Crippen molar-refractivity contribution in [1.29, 1.82) is 0 Å². The smallest absolute Gasteiger partial charge is 0.153 e. The molecule has 0 amide bonds. The van der Waals surface area contributed by atoms with Crippen molar-refractivity contribution in [2.75, 3.05) is 12.8 Å². The van der Waals surface area contributed by atoms with Gasteiger partial charge in [0.25, 0.3) is 0 Å². The molecular formula is C15H14ClN3OS. The lowest BCUT2D eigenvalue weighted by molar-refractivity contribution is 0.415. The molecule has 3 rings (SSSR count). The van der Waals surface area contributed by atoms with Crippen LogP contribution in [0.4, 0.5) is 5.82 Å². The molecule has 0 bridgehead atoms. The van der Waals surface area contributed by atoms with E-state index in [2.05, 4.69) is 10.2 Å². The highest BCUT2D eigenvalue weighted by Gasteiger charge is 2.19. The number of H-pyrrole nitrogens is 1. The molecule has 0 spiro atoms. The predicted molar refractivity (Wildman–Crippen MR) is 88.0 cm³/mol. The lowest BCUT2D eigenvalue weighted by Gasteiger charge is -2.06. The van der Waals surface area contributed by atoms with Crippen LogP contribution in [0.3, 0.4) is 0 Å². The first-order valence-corrected chi connectivity index (χ1v) is 7.59. The van der Waals surface area contributed by atoms with E-state index in [1.807, 2.05) is 36.6 Å². The van der Waals surface area contributed by atoms with Gasteiger partial charge in [0.1, 0.15) is 5.75 Å². The molecule has 0 saturated heterocycles. The summed E-state index contributed by atoms with van der Waals surface area (Å²) in [6, 6.07) is 7.72. The first-order valence-electron chi connectivity index (χ1n) is 6.34. The number of rotatable bonds is 3. The minimum Gasteiger partial charge on any atom is -0.497 e. The van der Waals surface area contributed by atoms with E-state index >= 15 is 0 Å². The van der Waals surface area contributed by atoms with Crippen LogP contribution in [0, 0.1) is 6.92 Å². The molecule has 2 aromatic heterocycles. The number of nitrogens with two attached hydrogens (primary N) is 1. The summed E-state index contributed by atoms with van der Waals surface area (Å²) in [6.07, 6.45) is 0. The number of aromatic amines is 1. The van der Waals surface area contributed by atoms with Gasteiger partial charge in [0.15, 0.2) is 5.82 Å². The zero-order valence-electron chi connectivity index (χ0n) is 11.6. The Bertz CT molecular complexity index is 794. The van der Waals surface area contributed by atoms with Crippen molar-refractivity contribution in [3.8, 4) is 27.4 Å². The maximum atomic E-state index is 6.37. The van der Waals surface area contributed by atoms with Crippen molar-refractivity contribution in [2.24, 2.45) is 0 Å². The van der Waals surface area contributed by atoms with Crippen molar-refractivity contribution in [3.05, 3.63) is 40.2 Å². The number of thiophene rings is 1. The maximum absolute atomic E-state index is 6.37. The van der Waals surface area contributed by atoms with E-state index in [4.69, 9.17) is 22.1 Å². The number of ether oxygens (including phenoxy) is 1. The highest BCUT2D eigenvalue weighted by molar-refractivity contribution is 7.14. The molecule has 3 N–H and O–H groups in total. The number of aromatic nitrogens is 2. The van der Waals surface area contributed by atoms with Crippen LogP contribution < -0.4 is 10.5 Å². The monoisotopic (exact) mass is 319 g/mol. The number of benzene rings is 1. The SMILES string of the molecule is COc1cccc(-c2c(N)n[nH]c2-c2scc(C)c2Cl)c1. The summed E-state index contributed by atoms with van der Waals surface area (Å²) in [7, 11) is 1.64. The molecule has 1 aromatic carbocycles. The summed E-state index contributed by atoms with van der Waals surface area (Å²) < 4.78 is 5.27. The van der Waals surface area contributed by atoms with E-state index in [1.54, 1.807) is 18.4 Å². The molecule has 4 nitrogen and oxygen atoms in total. The molecule has 6 heteroatoms. The van der Waals surface area contributed by atoms with E-state index in [-0.39, 0.29) is 0 Å². The predicted octanol–water partition coefficient (Wildman–Crippen LogP) is 4.36. The second kappa shape index (κ2) is 5.42. The summed E-state index contributed by atoms with van der Waals surface area (Å²) in [5.41, 5.74) is 9.70. The molecule has 108 valence electrons. The molecular weight excluding hydrogens is 306 g/mol. The fourth-order valence-electron chi connectivity index (χ4n) is 2.19. The summed E-state index contributed by atoms with van der Waals surface area (Å²) in [5.74, 6) is 1.22. The van der Waals surface area contributed by atoms with Gasteiger partial charge in [0.2, 0.25) is 0 Å². The van der Waals surface area contributed by atoms with Crippen LogP contribution in [0.15, 0.2) is 29.6 Å². The Morgan fingerprint density at radius 2 is 2.19 bits per heavy atom. The summed E-state index contributed by atoms with van der Waals surface area (Å²) in [6.45, 7) is 1.98. The van der Waals surface area contributed by atoms with Crippen molar-refractivity contribution in [1.82, 2.24) is 10.2 Å². The molecule has 21 heavy (non-hydrogen) atoms. The van der Waals surface area contributed by atoms with Crippen LogP contribution in [-0.4, -0.2) is 17.3 Å². The number of halogens is 1. The number of nitrogen functional groups attached to an aromatic ring is 1. The second-order valence-corrected chi connectivity index (χ2v) is 5.91. The molecule has 0 aliphatic heterocycles. The highest BCUT2D eigenvalue weighted by atomic mass is 35.5. The van der Waals surface area contributed by atoms with Gasteiger partial charge in [-0.1, -0.05) is 23.7 Å². The van der Waals surface area contributed by atoms with Crippen molar-refractivity contribution >= 4 is 28.8 Å². The van der Waals surface area contributed by atoms with Crippen LogP contribution >= 0.6 is 22.9 Å². The first-order chi connectivity index (χ1) is 10.1.